The van der Waals surface area contributed by atoms with E-state index in [1.54, 1.807) is 12.1 Å². The van der Waals surface area contributed by atoms with E-state index in [4.69, 9.17) is 0 Å². The van der Waals surface area contributed by atoms with E-state index < -0.39 is 0 Å². The van der Waals surface area contributed by atoms with Gasteiger partial charge >= 0.3 is 0 Å². The van der Waals surface area contributed by atoms with Crippen LogP contribution in [0.25, 0.3) is 10.8 Å². The summed E-state index contributed by atoms with van der Waals surface area (Å²) in [5.74, 6) is -0.0371. The third-order valence-corrected chi connectivity index (χ3v) is 2.35. The topological polar surface area (TPSA) is 50.2 Å². The van der Waals surface area contributed by atoms with E-state index >= 15 is 0 Å². The molecular formula is C12H11NO2. The van der Waals surface area contributed by atoms with Crippen molar-refractivity contribution in [2.45, 2.75) is 13.8 Å². The van der Waals surface area contributed by atoms with Gasteiger partial charge in [0.25, 0.3) is 0 Å². The first-order valence-corrected chi connectivity index (χ1v) is 4.69. The molecule has 0 aliphatic carbocycles. The Bertz CT molecular complexity index is 547. The number of aromatic nitrogens is 1. The van der Waals surface area contributed by atoms with Crippen LogP contribution in [0, 0.1) is 6.92 Å². The molecule has 0 saturated heterocycles. The molecule has 0 bridgehead atoms. The van der Waals surface area contributed by atoms with Gasteiger partial charge < -0.3 is 5.11 Å². The number of Topliss-reactive ketones (excluding diaryl/α,β-unsaturated/α-hetero) is 1. The number of ketones is 1. The molecule has 0 saturated carbocycles. The van der Waals surface area contributed by atoms with Crippen LogP contribution in [0.3, 0.4) is 0 Å². The highest BCUT2D eigenvalue weighted by Crippen LogP contribution is 2.24. The third kappa shape index (κ3) is 1.68. The quantitative estimate of drug-likeness (QED) is 0.721. The van der Waals surface area contributed by atoms with Gasteiger partial charge in [0.1, 0.15) is 0 Å². The first-order valence-electron chi connectivity index (χ1n) is 4.69. The van der Waals surface area contributed by atoms with Crippen molar-refractivity contribution in [3.8, 4) is 5.88 Å². The van der Waals surface area contributed by atoms with E-state index in [-0.39, 0.29) is 11.7 Å². The second-order valence-corrected chi connectivity index (χ2v) is 3.58. The number of rotatable bonds is 1. The van der Waals surface area contributed by atoms with Gasteiger partial charge in [0, 0.05) is 16.6 Å². The fraction of sp³-hybridized carbons (Fsp3) is 0.167. The highest BCUT2D eigenvalue weighted by Gasteiger charge is 2.05. The van der Waals surface area contributed by atoms with Crippen molar-refractivity contribution in [3.63, 3.8) is 0 Å². The van der Waals surface area contributed by atoms with Gasteiger partial charge in [-0.25, -0.2) is 4.98 Å². The Balaban J connectivity index is 2.76. The zero-order valence-corrected chi connectivity index (χ0v) is 8.61. The maximum absolute atomic E-state index is 11.2. The van der Waals surface area contributed by atoms with Crippen LogP contribution in [0.1, 0.15) is 23.0 Å². The van der Waals surface area contributed by atoms with E-state index in [1.807, 2.05) is 19.1 Å². The maximum Gasteiger partial charge on any atom is 0.219 e. The standard InChI is InChI=1S/C12H11NO2/c1-7-5-10-4-3-9(8(2)14)6-11(10)12(15)13-7/h3-6H,1-2H3,(H,13,15). The summed E-state index contributed by atoms with van der Waals surface area (Å²) in [7, 11) is 0. The van der Waals surface area contributed by atoms with Crippen LogP contribution in [-0.2, 0) is 0 Å². The van der Waals surface area contributed by atoms with Crippen LogP contribution < -0.4 is 0 Å². The second kappa shape index (κ2) is 3.35. The highest BCUT2D eigenvalue weighted by molar-refractivity contribution is 5.99. The molecule has 1 aromatic carbocycles. The van der Waals surface area contributed by atoms with Crippen LogP contribution in [0.4, 0.5) is 0 Å². The highest BCUT2D eigenvalue weighted by atomic mass is 16.3. The minimum Gasteiger partial charge on any atom is -0.493 e. The Morgan fingerprint density at radius 2 is 2.07 bits per heavy atom. The van der Waals surface area contributed by atoms with Crippen molar-refractivity contribution in [2.24, 2.45) is 0 Å². The molecule has 0 aliphatic rings. The van der Waals surface area contributed by atoms with Gasteiger partial charge in [0.15, 0.2) is 5.78 Å². The molecule has 3 nitrogen and oxygen atoms in total. The number of pyridine rings is 1. The normalized spacial score (nSPS) is 10.5. The molecule has 0 radical (unpaired) electrons. The lowest BCUT2D eigenvalue weighted by atomic mass is 10.1. The van der Waals surface area contributed by atoms with Crippen molar-refractivity contribution in [3.05, 3.63) is 35.5 Å². The van der Waals surface area contributed by atoms with Gasteiger partial charge in [-0.1, -0.05) is 12.1 Å². The molecule has 0 aliphatic heterocycles. The van der Waals surface area contributed by atoms with E-state index in [2.05, 4.69) is 4.98 Å². The fourth-order valence-corrected chi connectivity index (χ4v) is 1.58. The SMILES string of the molecule is CC(=O)c1ccc2cc(C)nc(O)c2c1. The number of hydrogen-bond donors (Lipinski definition) is 1. The Morgan fingerprint density at radius 1 is 1.33 bits per heavy atom. The largest absolute Gasteiger partial charge is 0.493 e. The summed E-state index contributed by atoms with van der Waals surface area (Å²) in [6.45, 7) is 3.32. The van der Waals surface area contributed by atoms with Gasteiger partial charge in [-0.05, 0) is 31.4 Å². The predicted molar refractivity (Wildman–Crippen MR) is 58.1 cm³/mol. The molecule has 0 spiro atoms. The van der Waals surface area contributed by atoms with Crippen LogP contribution in [0.2, 0.25) is 0 Å². The molecule has 0 atom stereocenters. The van der Waals surface area contributed by atoms with Crippen molar-refractivity contribution >= 4 is 16.6 Å². The molecule has 1 aromatic heterocycles. The third-order valence-electron chi connectivity index (χ3n) is 2.35. The van der Waals surface area contributed by atoms with E-state index in [9.17, 15) is 9.90 Å². The Morgan fingerprint density at radius 3 is 2.73 bits per heavy atom. The first-order chi connectivity index (χ1) is 7.08. The molecule has 3 heteroatoms. The number of carbonyl (C=O) groups is 1. The summed E-state index contributed by atoms with van der Waals surface area (Å²) >= 11 is 0. The molecule has 76 valence electrons. The van der Waals surface area contributed by atoms with Crippen molar-refractivity contribution in [2.75, 3.05) is 0 Å². The number of carbonyl (C=O) groups excluding carboxylic acids is 1. The molecule has 0 fully saturated rings. The van der Waals surface area contributed by atoms with Gasteiger partial charge in [0.05, 0.1) is 0 Å². The first kappa shape index (κ1) is 9.65. The molecule has 15 heavy (non-hydrogen) atoms. The van der Waals surface area contributed by atoms with Crippen molar-refractivity contribution in [1.82, 2.24) is 4.98 Å². The van der Waals surface area contributed by atoms with Crippen LogP contribution >= 0.6 is 0 Å². The molecule has 1 N–H and O–H groups in total. The van der Waals surface area contributed by atoms with E-state index in [0.717, 1.165) is 11.1 Å². The second-order valence-electron chi connectivity index (χ2n) is 3.58. The van der Waals surface area contributed by atoms with E-state index in [0.29, 0.717) is 10.9 Å². The van der Waals surface area contributed by atoms with Gasteiger partial charge in [-0.3, -0.25) is 4.79 Å². The van der Waals surface area contributed by atoms with Crippen LogP contribution in [0.5, 0.6) is 5.88 Å². The van der Waals surface area contributed by atoms with Crippen LogP contribution in [0.15, 0.2) is 24.3 Å². The van der Waals surface area contributed by atoms with Gasteiger partial charge in [0.2, 0.25) is 5.88 Å². The summed E-state index contributed by atoms with van der Waals surface area (Å²) in [5, 5.41) is 11.1. The summed E-state index contributed by atoms with van der Waals surface area (Å²) < 4.78 is 0. The minimum atomic E-state index is -0.0203. The van der Waals surface area contributed by atoms with Gasteiger partial charge in [-0.2, -0.15) is 0 Å². The lowest BCUT2D eigenvalue weighted by molar-refractivity contribution is 0.101. The lowest BCUT2D eigenvalue weighted by Crippen LogP contribution is -1.92. The number of hydrogen-bond acceptors (Lipinski definition) is 3. The number of aromatic hydroxyl groups is 1. The average molecular weight is 201 g/mol. The number of nitrogens with zero attached hydrogens (tertiary/aromatic N) is 1. The smallest absolute Gasteiger partial charge is 0.219 e. The lowest BCUT2D eigenvalue weighted by Gasteiger charge is -2.03. The Kier molecular flexibility index (Phi) is 2.15. The maximum atomic E-state index is 11.2. The number of benzene rings is 1. The minimum absolute atomic E-state index is 0.0168. The van der Waals surface area contributed by atoms with Crippen LogP contribution in [-0.4, -0.2) is 15.9 Å². The summed E-state index contributed by atoms with van der Waals surface area (Å²) in [6.07, 6.45) is 0. The molecular weight excluding hydrogens is 190 g/mol. The predicted octanol–water partition coefficient (Wildman–Crippen LogP) is 2.45. The number of fused-ring (bicyclic) bond motifs is 1. The molecule has 0 unspecified atom stereocenters. The fourth-order valence-electron chi connectivity index (χ4n) is 1.58. The summed E-state index contributed by atoms with van der Waals surface area (Å²) in [6, 6.07) is 7.11. The number of aryl methyl sites for hydroxylation is 1. The molecule has 2 aromatic rings. The van der Waals surface area contributed by atoms with Crippen molar-refractivity contribution in [1.29, 1.82) is 0 Å². The Labute approximate surface area is 87.4 Å². The Hall–Kier alpha value is -1.90. The average Bonchev–Trinajstić information content (AvgIpc) is 2.16. The zero-order chi connectivity index (χ0) is 11.0. The molecule has 1 heterocycles. The van der Waals surface area contributed by atoms with Crippen molar-refractivity contribution < 1.29 is 9.90 Å². The molecule has 0 amide bonds. The summed E-state index contributed by atoms with van der Waals surface area (Å²) in [4.78, 5) is 15.1. The monoisotopic (exact) mass is 201 g/mol. The van der Waals surface area contributed by atoms with Gasteiger partial charge in [-0.15, -0.1) is 0 Å². The van der Waals surface area contributed by atoms with E-state index in [1.165, 1.54) is 6.92 Å². The summed E-state index contributed by atoms with van der Waals surface area (Å²) in [5.41, 5.74) is 1.35. The zero-order valence-electron chi connectivity index (χ0n) is 8.61. The molecule has 2 rings (SSSR count).